The monoisotopic (exact) mass is 757 g/mol. The number of hydrogen-bond donors (Lipinski definition) is 2. The van der Waals surface area contributed by atoms with Crippen molar-refractivity contribution in [2.75, 3.05) is 40.3 Å². The number of nitrogens with one attached hydrogen (secondary N) is 2. The highest BCUT2D eigenvalue weighted by molar-refractivity contribution is 7.07. The average Bonchev–Trinajstić information content (AvgIpc) is 3.69. The van der Waals surface area contributed by atoms with Gasteiger partial charge in [-0.2, -0.15) is 0 Å². The number of carbonyl (C=O) groups is 3. The summed E-state index contributed by atoms with van der Waals surface area (Å²) in [5.74, 6) is 3.16. The summed E-state index contributed by atoms with van der Waals surface area (Å²) < 4.78 is 0. The van der Waals surface area contributed by atoms with Crippen LogP contribution in [-0.2, 0) is 14.4 Å². The van der Waals surface area contributed by atoms with E-state index in [4.69, 9.17) is 6.42 Å². The van der Waals surface area contributed by atoms with Crippen LogP contribution in [0, 0.1) is 31.1 Å². The zero-order valence-electron chi connectivity index (χ0n) is 33.8. The first-order valence-electron chi connectivity index (χ1n) is 20.0. The van der Waals surface area contributed by atoms with Gasteiger partial charge in [0.1, 0.15) is 5.70 Å². The first-order chi connectivity index (χ1) is 26.1. The Bertz CT molecular complexity index is 1470. The maximum absolute atomic E-state index is 13.0. The van der Waals surface area contributed by atoms with E-state index in [0.717, 1.165) is 64.0 Å². The Morgan fingerprint density at radius 3 is 2.39 bits per heavy atom. The lowest BCUT2D eigenvalue weighted by molar-refractivity contribution is -0.132. The summed E-state index contributed by atoms with van der Waals surface area (Å²) >= 11 is 1.41. The second-order valence-corrected chi connectivity index (χ2v) is 15.4. The van der Waals surface area contributed by atoms with Crippen molar-refractivity contribution in [3.05, 3.63) is 82.0 Å². The molecule has 0 spiro atoms. The van der Waals surface area contributed by atoms with Crippen LogP contribution in [0.25, 0.3) is 6.08 Å². The molecule has 1 aromatic carbocycles. The summed E-state index contributed by atoms with van der Waals surface area (Å²) in [5.41, 5.74) is 5.01. The van der Waals surface area contributed by atoms with E-state index in [0.29, 0.717) is 24.7 Å². The topological polar surface area (TPSA) is 94.6 Å². The zero-order chi connectivity index (χ0) is 39.4. The fourth-order valence-electron chi connectivity index (χ4n) is 6.27. The standard InChI is InChI=1S/C31H45N5O3S.C7H14.C7H8/c1-5-7-9-13-25(12-6-2)21-32-31(39)28(20-27-23-40-24-33-27)34-29(37)16-17-30(38)36(4)19-18-35(3)22-26-14-10-8-11-15-26;2*1-7-5-3-2-4-6-7/h1,10,14-15,20,23-25H,6-9,11-13,16-19,21-22H2,2-4H3,(H,32,39)(H,34,37);7H,2-6H2,1H3;2-6H,1H3/b28-20+;;. The van der Waals surface area contributed by atoms with Crippen LogP contribution in [0.15, 0.2) is 70.7 Å². The van der Waals surface area contributed by atoms with Crippen molar-refractivity contribution in [1.82, 2.24) is 25.4 Å². The molecular formula is C45H67N5O3S. The molecule has 1 unspecified atom stereocenters. The first-order valence-corrected chi connectivity index (χ1v) is 21.0. The van der Waals surface area contributed by atoms with Gasteiger partial charge in [-0.1, -0.05) is 106 Å². The molecule has 2 N–H and O–H groups in total. The summed E-state index contributed by atoms with van der Waals surface area (Å²) in [4.78, 5) is 46.5. The molecule has 1 heterocycles. The number of amides is 3. The highest BCUT2D eigenvalue weighted by Gasteiger charge is 2.18. The number of rotatable bonds is 18. The maximum Gasteiger partial charge on any atom is 0.267 e. The molecule has 1 aromatic heterocycles. The minimum atomic E-state index is -0.384. The minimum Gasteiger partial charge on any atom is -0.350 e. The van der Waals surface area contributed by atoms with Gasteiger partial charge in [0.2, 0.25) is 11.8 Å². The fourth-order valence-corrected chi connectivity index (χ4v) is 6.78. The number of aryl methyl sites for hydroxylation is 1. The van der Waals surface area contributed by atoms with E-state index in [1.54, 1.807) is 28.9 Å². The van der Waals surface area contributed by atoms with E-state index < -0.39 is 0 Å². The van der Waals surface area contributed by atoms with Crippen LogP contribution >= 0.6 is 11.3 Å². The Labute approximate surface area is 331 Å². The van der Waals surface area contributed by atoms with Crippen LogP contribution in [0.1, 0.15) is 115 Å². The third-order valence-corrected chi connectivity index (χ3v) is 10.2. The molecule has 4 rings (SSSR count). The lowest BCUT2D eigenvalue weighted by Crippen LogP contribution is -2.38. The Morgan fingerprint density at radius 1 is 1.06 bits per heavy atom. The van der Waals surface area contributed by atoms with Gasteiger partial charge in [0.05, 0.1) is 11.2 Å². The van der Waals surface area contributed by atoms with Gasteiger partial charge in [-0.3, -0.25) is 14.4 Å². The Morgan fingerprint density at radius 2 is 1.81 bits per heavy atom. The van der Waals surface area contributed by atoms with Crippen LogP contribution in [-0.4, -0.2) is 72.8 Å². The predicted molar refractivity (Wildman–Crippen MR) is 227 cm³/mol. The van der Waals surface area contributed by atoms with Crippen molar-refractivity contribution in [2.45, 2.75) is 111 Å². The molecule has 0 radical (unpaired) electrons. The molecule has 0 aliphatic heterocycles. The normalized spacial score (nSPS) is 14.7. The number of hydrogen-bond acceptors (Lipinski definition) is 6. The van der Waals surface area contributed by atoms with E-state index >= 15 is 0 Å². The second kappa shape index (κ2) is 28.4. The summed E-state index contributed by atoms with van der Waals surface area (Å²) in [6.07, 6.45) is 27.8. The smallest absolute Gasteiger partial charge is 0.267 e. The van der Waals surface area contributed by atoms with E-state index in [1.807, 2.05) is 25.2 Å². The quantitative estimate of drug-likeness (QED) is 0.0900. The molecule has 2 aliphatic rings. The molecule has 3 amide bonds. The molecule has 2 aromatic rings. The van der Waals surface area contributed by atoms with Gasteiger partial charge in [0.25, 0.3) is 5.91 Å². The maximum atomic E-state index is 13.0. The lowest BCUT2D eigenvalue weighted by Gasteiger charge is -2.23. The number of nitrogens with zero attached hydrogens (tertiary/aromatic N) is 3. The molecule has 0 saturated heterocycles. The molecule has 9 heteroatoms. The summed E-state index contributed by atoms with van der Waals surface area (Å²) in [5, 5.41) is 7.48. The van der Waals surface area contributed by atoms with Crippen LogP contribution in [0.5, 0.6) is 0 Å². The lowest BCUT2D eigenvalue weighted by atomic mass is 9.91. The predicted octanol–water partition coefficient (Wildman–Crippen LogP) is 8.96. The molecule has 2 aliphatic carbocycles. The number of aromatic nitrogens is 1. The van der Waals surface area contributed by atoms with E-state index in [-0.39, 0.29) is 36.3 Å². The van der Waals surface area contributed by atoms with Crippen molar-refractivity contribution in [3.8, 4) is 12.3 Å². The van der Waals surface area contributed by atoms with Gasteiger partial charge in [0.15, 0.2) is 0 Å². The average molecular weight is 758 g/mol. The Kier molecular flexibility index (Phi) is 24.3. The Balaban J connectivity index is 0.000000592. The molecule has 8 nitrogen and oxygen atoms in total. The fraction of sp³-hybridized carbons (Fsp3) is 0.556. The largest absolute Gasteiger partial charge is 0.350 e. The van der Waals surface area contributed by atoms with E-state index in [2.05, 4.69) is 77.6 Å². The van der Waals surface area contributed by atoms with Gasteiger partial charge in [-0.25, -0.2) is 4.98 Å². The number of allylic oxidation sites excluding steroid dienone is 2. The summed E-state index contributed by atoms with van der Waals surface area (Å²) in [6.45, 7) is 9.23. The molecule has 1 atom stereocenters. The van der Waals surface area contributed by atoms with Crippen molar-refractivity contribution in [3.63, 3.8) is 0 Å². The molecule has 1 saturated carbocycles. The van der Waals surface area contributed by atoms with Crippen LogP contribution in [0.4, 0.5) is 0 Å². The van der Waals surface area contributed by atoms with Gasteiger partial charge in [-0.05, 0) is 69.6 Å². The molecule has 54 heavy (non-hydrogen) atoms. The van der Waals surface area contributed by atoms with Crippen molar-refractivity contribution in [2.24, 2.45) is 11.8 Å². The molecule has 1 fully saturated rings. The van der Waals surface area contributed by atoms with Crippen LogP contribution in [0.2, 0.25) is 0 Å². The number of unbranched alkanes of at least 4 members (excludes halogenated alkanes) is 1. The van der Waals surface area contributed by atoms with Gasteiger partial charge in [-0.15, -0.1) is 23.7 Å². The zero-order valence-corrected chi connectivity index (χ0v) is 34.6. The number of likely N-dealkylation sites (N-methyl/N-ethyl adjacent to an activating group) is 2. The molecule has 296 valence electrons. The van der Waals surface area contributed by atoms with E-state index in [1.165, 1.54) is 54.6 Å². The SMILES string of the molecule is C#CCCCC(CCC)CNC(=O)/C(=C\c1cscn1)NC(=O)CCC(=O)N(C)CCN(C)CC1=CCCC=C1.CC1CCCCC1.Cc1ccccc1. The van der Waals surface area contributed by atoms with E-state index in [9.17, 15) is 14.4 Å². The third kappa shape index (κ3) is 21.6. The van der Waals surface area contributed by atoms with Crippen molar-refractivity contribution < 1.29 is 14.4 Å². The minimum absolute atomic E-state index is 0.0110. The highest BCUT2D eigenvalue weighted by atomic mass is 32.1. The number of thiazole rings is 1. The number of carbonyl (C=O) groups excluding carboxylic acids is 3. The van der Waals surface area contributed by atoms with Crippen molar-refractivity contribution in [1.29, 1.82) is 0 Å². The molecular weight excluding hydrogens is 691 g/mol. The summed E-state index contributed by atoms with van der Waals surface area (Å²) in [6, 6.07) is 10.3. The highest BCUT2D eigenvalue weighted by Crippen LogP contribution is 2.22. The summed E-state index contributed by atoms with van der Waals surface area (Å²) in [7, 11) is 3.79. The first kappa shape index (κ1) is 46.2. The van der Waals surface area contributed by atoms with Crippen LogP contribution in [0.3, 0.4) is 0 Å². The number of terminal acetylenes is 1. The van der Waals surface area contributed by atoms with Crippen LogP contribution < -0.4 is 10.6 Å². The number of benzene rings is 1. The third-order valence-electron chi connectivity index (χ3n) is 9.61. The van der Waals surface area contributed by atoms with Gasteiger partial charge < -0.3 is 20.4 Å². The molecule has 0 bridgehead atoms. The van der Waals surface area contributed by atoms with Gasteiger partial charge >= 0.3 is 0 Å². The Hall–Kier alpha value is -4.00. The van der Waals surface area contributed by atoms with Gasteiger partial charge in [0, 0.05) is 57.9 Å². The van der Waals surface area contributed by atoms with Crippen molar-refractivity contribution >= 4 is 35.1 Å². The second-order valence-electron chi connectivity index (χ2n) is 14.7.